The molecule has 0 radical (unpaired) electrons. The van der Waals surface area contributed by atoms with E-state index in [1.807, 2.05) is 46.3 Å². The zero-order valence-electron chi connectivity index (χ0n) is 16.4. The Hall–Kier alpha value is -3.65. The van der Waals surface area contributed by atoms with Gasteiger partial charge in [0.25, 0.3) is 0 Å². The van der Waals surface area contributed by atoms with Gasteiger partial charge in [-0.2, -0.15) is 0 Å². The van der Waals surface area contributed by atoms with Crippen molar-refractivity contribution in [2.24, 2.45) is 0 Å². The third-order valence-electron chi connectivity index (χ3n) is 4.60. The Morgan fingerprint density at radius 3 is 2.67 bits per heavy atom. The van der Waals surface area contributed by atoms with Crippen LogP contribution < -0.4 is 10.1 Å². The summed E-state index contributed by atoms with van der Waals surface area (Å²) in [6.45, 7) is 0. The number of ether oxygens (including phenoxy) is 2. The largest absolute Gasteiger partial charge is 0.497 e. The quantitative estimate of drug-likeness (QED) is 0.475. The first-order valence-electron chi connectivity index (χ1n) is 9.16. The number of rotatable bonds is 6. The first-order valence-corrected chi connectivity index (χ1v) is 10.0. The van der Waals surface area contributed by atoms with Crippen LogP contribution in [0.25, 0.3) is 16.2 Å². The maximum atomic E-state index is 12.7. The van der Waals surface area contributed by atoms with Crippen LogP contribution in [0.1, 0.15) is 16.1 Å². The van der Waals surface area contributed by atoms with E-state index < -0.39 is 5.97 Å². The first kappa shape index (κ1) is 19.7. The molecule has 0 aliphatic rings. The molecule has 0 spiro atoms. The van der Waals surface area contributed by atoms with E-state index in [-0.39, 0.29) is 17.9 Å². The van der Waals surface area contributed by atoms with Crippen molar-refractivity contribution in [1.29, 1.82) is 0 Å². The molecule has 1 N–H and O–H groups in total. The van der Waals surface area contributed by atoms with Gasteiger partial charge in [0, 0.05) is 22.8 Å². The minimum Gasteiger partial charge on any atom is -0.497 e. The standard InChI is InChI=1S/C22H19N3O4S/c1-28-16-8-9-18(17(11-16)21(27)29-2)23-20(26)10-15-13-30-22-24-19(12-25(15)22)14-6-4-3-5-7-14/h3-9,11-13H,10H2,1-2H3,(H,23,26). The number of esters is 1. The van der Waals surface area contributed by atoms with Crippen molar-refractivity contribution in [1.82, 2.24) is 9.38 Å². The number of nitrogens with one attached hydrogen (secondary N) is 1. The molecule has 0 aliphatic heterocycles. The van der Waals surface area contributed by atoms with E-state index in [0.29, 0.717) is 11.4 Å². The number of methoxy groups -OCH3 is 2. The van der Waals surface area contributed by atoms with Crippen LogP contribution >= 0.6 is 11.3 Å². The van der Waals surface area contributed by atoms with Gasteiger partial charge in [-0.1, -0.05) is 30.3 Å². The highest BCUT2D eigenvalue weighted by Crippen LogP contribution is 2.25. The lowest BCUT2D eigenvalue weighted by Crippen LogP contribution is -2.18. The van der Waals surface area contributed by atoms with Crippen LogP contribution in [0.3, 0.4) is 0 Å². The van der Waals surface area contributed by atoms with Gasteiger partial charge in [0.1, 0.15) is 5.75 Å². The first-order chi connectivity index (χ1) is 14.6. The number of amides is 1. The molecular formula is C22H19N3O4S. The number of imidazole rings is 1. The zero-order valence-corrected chi connectivity index (χ0v) is 17.2. The number of nitrogens with zero attached hydrogens (tertiary/aromatic N) is 2. The molecule has 7 nitrogen and oxygen atoms in total. The molecule has 0 saturated heterocycles. The monoisotopic (exact) mass is 421 g/mol. The van der Waals surface area contributed by atoms with E-state index in [4.69, 9.17) is 9.47 Å². The number of anilines is 1. The fraction of sp³-hybridized carbons (Fsp3) is 0.136. The van der Waals surface area contributed by atoms with Gasteiger partial charge in [-0.25, -0.2) is 9.78 Å². The maximum Gasteiger partial charge on any atom is 0.340 e. The maximum absolute atomic E-state index is 12.7. The number of hydrogen-bond donors (Lipinski definition) is 1. The molecule has 1 amide bonds. The summed E-state index contributed by atoms with van der Waals surface area (Å²) in [4.78, 5) is 30.2. The van der Waals surface area contributed by atoms with Gasteiger partial charge in [-0.15, -0.1) is 11.3 Å². The number of hydrogen-bond acceptors (Lipinski definition) is 6. The highest BCUT2D eigenvalue weighted by Gasteiger charge is 2.17. The minimum atomic E-state index is -0.552. The van der Waals surface area contributed by atoms with E-state index in [1.165, 1.54) is 31.6 Å². The molecule has 4 aromatic rings. The smallest absolute Gasteiger partial charge is 0.340 e. The van der Waals surface area contributed by atoms with Crippen LogP contribution in [0, 0.1) is 0 Å². The molecule has 0 aliphatic carbocycles. The summed E-state index contributed by atoms with van der Waals surface area (Å²) in [6.07, 6.45) is 2.06. The molecule has 0 atom stereocenters. The van der Waals surface area contributed by atoms with Gasteiger partial charge in [0.15, 0.2) is 4.96 Å². The Bertz CT molecular complexity index is 1210. The van der Waals surface area contributed by atoms with Crippen molar-refractivity contribution >= 4 is 33.9 Å². The molecule has 4 rings (SSSR count). The minimum absolute atomic E-state index is 0.136. The topological polar surface area (TPSA) is 81.9 Å². The van der Waals surface area contributed by atoms with Crippen LogP contribution in [-0.4, -0.2) is 35.5 Å². The second-order valence-electron chi connectivity index (χ2n) is 6.50. The van der Waals surface area contributed by atoms with Gasteiger partial charge in [-0.05, 0) is 18.2 Å². The van der Waals surface area contributed by atoms with Gasteiger partial charge >= 0.3 is 5.97 Å². The van der Waals surface area contributed by atoms with Gasteiger partial charge in [-0.3, -0.25) is 9.20 Å². The second-order valence-corrected chi connectivity index (χ2v) is 7.34. The summed E-state index contributed by atoms with van der Waals surface area (Å²) < 4.78 is 11.9. The molecule has 2 aromatic carbocycles. The van der Waals surface area contributed by atoms with Crippen molar-refractivity contribution in [2.45, 2.75) is 6.42 Å². The summed E-state index contributed by atoms with van der Waals surface area (Å²) in [7, 11) is 2.80. The van der Waals surface area contributed by atoms with Crippen LogP contribution in [0.4, 0.5) is 5.69 Å². The number of benzene rings is 2. The van der Waals surface area contributed by atoms with Crippen LogP contribution in [-0.2, 0) is 16.0 Å². The molecule has 0 fully saturated rings. The van der Waals surface area contributed by atoms with Crippen LogP contribution in [0.15, 0.2) is 60.1 Å². The van der Waals surface area contributed by atoms with E-state index >= 15 is 0 Å². The lowest BCUT2D eigenvalue weighted by Gasteiger charge is -2.11. The molecular weight excluding hydrogens is 402 g/mol. The van der Waals surface area contributed by atoms with Crippen LogP contribution in [0.5, 0.6) is 5.75 Å². The second kappa shape index (κ2) is 8.38. The summed E-state index contributed by atoms with van der Waals surface area (Å²) in [5.41, 5.74) is 3.29. The number of aromatic nitrogens is 2. The Morgan fingerprint density at radius 2 is 1.93 bits per heavy atom. The van der Waals surface area contributed by atoms with E-state index in [2.05, 4.69) is 10.3 Å². The number of carbonyl (C=O) groups is 2. The molecule has 2 heterocycles. The molecule has 0 saturated carbocycles. The fourth-order valence-electron chi connectivity index (χ4n) is 3.10. The Balaban J connectivity index is 1.56. The Morgan fingerprint density at radius 1 is 1.13 bits per heavy atom. The zero-order chi connectivity index (χ0) is 21.1. The molecule has 152 valence electrons. The summed E-state index contributed by atoms with van der Waals surface area (Å²) in [6, 6.07) is 14.7. The third kappa shape index (κ3) is 3.90. The van der Waals surface area contributed by atoms with Gasteiger partial charge in [0.2, 0.25) is 5.91 Å². The predicted octanol–water partition coefficient (Wildman–Crippen LogP) is 4.04. The average molecular weight is 421 g/mol. The normalized spacial score (nSPS) is 10.7. The molecule has 0 bridgehead atoms. The Labute approximate surface area is 176 Å². The van der Waals surface area contributed by atoms with E-state index in [1.54, 1.807) is 12.1 Å². The van der Waals surface area contributed by atoms with Crippen LogP contribution in [0.2, 0.25) is 0 Å². The molecule has 30 heavy (non-hydrogen) atoms. The van der Waals surface area contributed by atoms with Crippen molar-refractivity contribution in [3.05, 3.63) is 71.4 Å². The molecule has 0 unspecified atom stereocenters. The molecule has 2 aromatic heterocycles. The summed E-state index contributed by atoms with van der Waals surface area (Å²) in [5, 5.41) is 4.70. The predicted molar refractivity (Wildman–Crippen MR) is 115 cm³/mol. The number of carbonyl (C=O) groups excluding carboxylic acids is 2. The van der Waals surface area contributed by atoms with Crippen molar-refractivity contribution in [2.75, 3.05) is 19.5 Å². The highest BCUT2D eigenvalue weighted by molar-refractivity contribution is 7.15. The van der Waals surface area contributed by atoms with E-state index in [9.17, 15) is 9.59 Å². The highest BCUT2D eigenvalue weighted by atomic mass is 32.1. The van der Waals surface area contributed by atoms with Crippen molar-refractivity contribution in [3.63, 3.8) is 0 Å². The fourth-order valence-corrected chi connectivity index (χ4v) is 3.97. The average Bonchev–Trinajstić information content (AvgIpc) is 3.36. The lowest BCUT2D eigenvalue weighted by atomic mass is 10.1. The van der Waals surface area contributed by atoms with Crippen molar-refractivity contribution in [3.8, 4) is 17.0 Å². The Kier molecular flexibility index (Phi) is 5.49. The van der Waals surface area contributed by atoms with Crippen molar-refractivity contribution < 1.29 is 19.1 Å². The van der Waals surface area contributed by atoms with Gasteiger partial charge in [0.05, 0.1) is 37.6 Å². The summed E-state index contributed by atoms with van der Waals surface area (Å²) >= 11 is 1.48. The summed E-state index contributed by atoms with van der Waals surface area (Å²) in [5.74, 6) is -0.302. The number of fused-ring (bicyclic) bond motifs is 1. The lowest BCUT2D eigenvalue weighted by molar-refractivity contribution is -0.115. The SMILES string of the molecule is COC(=O)c1cc(OC)ccc1NC(=O)Cc1csc2nc(-c3ccccc3)cn12. The van der Waals surface area contributed by atoms with Gasteiger partial charge < -0.3 is 14.8 Å². The number of thiazole rings is 1. The third-order valence-corrected chi connectivity index (χ3v) is 5.49. The van der Waals surface area contributed by atoms with E-state index in [0.717, 1.165) is 21.9 Å². The molecule has 8 heteroatoms.